The van der Waals surface area contributed by atoms with E-state index in [1.165, 1.54) is 6.08 Å². The quantitative estimate of drug-likeness (QED) is 0.433. The number of benzene rings is 3. The largest absolute Gasteiger partial charge is 0.386 e. The van der Waals surface area contributed by atoms with Gasteiger partial charge in [-0.2, -0.15) is 0 Å². The highest BCUT2D eigenvalue weighted by Gasteiger charge is 2.43. The summed E-state index contributed by atoms with van der Waals surface area (Å²) in [6.45, 7) is 5.78. The molecule has 4 heteroatoms. The van der Waals surface area contributed by atoms with E-state index in [0.29, 0.717) is 13.2 Å². The van der Waals surface area contributed by atoms with Crippen LogP contribution in [0.25, 0.3) is 0 Å². The predicted molar refractivity (Wildman–Crippen MR) is 123 cm³/mol. The third kappa shape index (κ3) is 4.48. The molecule has 0 saturated carbocycles. The number of aliphatic hydroxyl groups excluding tert-OH is 1. The molecule has 3 atom stereocenters. The summed E-state index contributed by atoms with van der Waals surface area (Å²) in [7, 11) is 0. The SMILES string of the molecule is C=CC(O)C(OC(c1ccccc1)(c1ccccc1)c1ccccc1)C1CNCCO1. The van der Waals surface area contributed by atoms with Crippen molar-refractivity contribution in [3.63, 3.8) is 0 Å². The second kappa shape index (κ2) is 10.0. The predicted octanol–water partition coefficient (Wildman–Crippen LogP) is 3.90. The number of nitrogens with one attached hydrogen (secondary N) is 1. The third-order valence-electron chi connectivity index (χ3n) is 5.75. The lowest BCUT2D eigenvalue weighted by Gasteiger charge is -2.42. The van der Waals surface area contributed by atoms with Crippen LogP contribution in [0, 0.1) is 0 Å². The normalized spacial score (nSPS) is 18.8. The molecule has 1 aliphatic rings. The molecule has 0 aliphatic carbocycles. The Balaban J connectivity index is 1.91. The Morgan fingerprint density at radius 2 is 1.39 bits per heavy atom. The van der Waals surface area contributed by atoms with Gasteiger partial charge in [-0.3, -0.25) is 0 Å². The molecular formula is C27H29NO3. The maximum Gasteiger partial charge on any atom is 0.144 e. The van der Waals surface area contributed by atoms with Gasteiger partial charge in [-0.25, -0.2) is 0 Å². The highest BCUT2D eigenvalue weighted by atomic mass is 16.6. The molecule has 1 aliphatic heterocycles. The molecule has 1 heterocycles. The first kappa shape index (κ1) is 21.5. The van der Waals surface area contributed by atoms with E-state index >= 15 is 0 Å². The number of rotatable bonds is 8. The van der Waals surface area contributed by atoms with Crippen molar-refractivity contribution in [1.29, 1.82) is 0 Å². The number of ether oxygens (including phenoxy) is 2. The smallest absolute Gasteiger partial charge is 0.144 e. The van der Waals surface area contributed by atoms with Crippen LogP contribution in [-0.2, 0) is 15.1 Å². The van der Waals surface area contributed by atoms with E-state index in [4.69, 9.17) is 9.47 Å². The summed E-state index contributed by atoms with van der Waals surface area (Å²) in [5.41, 5.74) is 2.02. The van der Waals surface area contributed by atoms with Crippen LogP contribution >= 0.6 is 0 Å². The number of aliphatic hydroxyl groups is 1. The van der Waals surface area contributed by atoms with Gasteiger partial charge in [-0.15, -0.1) is 6.58 Å². The molecule has 0 bridgehead atoms. The topological polar surface area (TPSA) is 50.7 Å². The minimum absolute atomic E-state index is 0.308. The molecule has 0 radical (unpaired) electrons. The van der Waals surface area contributed by atoms with Crippen molar-refractivity contribution in [2.24, 2.45) is 0 Å². The van der Waals surface area contributed by atoms with Crippen molar-refractivity contribution in [3.8, 4) is 0 Å². The molecule has 1 saturated heterocycles. The third-order valence-corrected chi connectivity index (χ3v) is 5.75. The molecular weight excluding hydrogens is 386 g/mol. The van der Waals surface area contributed by atoms with E-state index in [9.17, 15) is 5.11 Å². The van der Waals surface area contributed by atoms with Crippen molar-refractivity contribution in [2.75, 3.05) is 19.7 Å². The number of morpholine rings is 1. The molecule has 4 rings (SSSR count). The van der Waals surface area contributed by atoms with E-state index in [1.807, 2.05) is 54.6 Å². The van der Waals surface area contributed by atoms with E-state index in [1.54, 1.807) is 0 Å². The van der Waals surface area contributed by atoms with Gasteiger partial charge in [-0.1, -0.05) is 97.1 Å². The highest BCUT2D eigenvalue weighted by molar-refractivity contribution is 5.47. The summed E-state index contributed by atoms with van der Waals surface area (Å²) < 4.78 is 13.0. The van der Waals surface area contributed by atoms with Crippen LogP contribution in [0.15, 0.2) is 104 Å². The van der Waals surface area contributed by atoms with E-state index in [0.717, 1.165) is 23.2 Å². The maximum atomic E-state index is 10.9. The van der Waals surface area contributed by atoms with Gasteiger partial charge in [-0.05, 0) is 16.7 Å². The summed E-state index contributed by atoms with van der Waals surface area (Å²) in [6.07, 6.45) is -0.294. The van der Waals surface area contributed by atoms with Crippen LogP contribution in [0.1, 0.15) is 16.7 Å². The lowest BCUT2D eigenvalue weighted by atomic mass is 9.79. The fourth-order valence-electron chi connectivity index (χ4n) is 4.22. The summed E-state index contributed by atoms with van der Waals surface area (Å²) in [5.74, 6) is 0. The molecule has 3 aromatic rings. The average molecular weight is 416 g/mol. The second-order valence-electron chi connectivity index (χ2n) is 7.70. The van der Waals surface area contributed by atoms with Crippen LogP contribution in [-0.4, -0.2) is 43.1 Å². The Bertz CT molecular complexity index is 843. The Morgan fingerprint density at radius 3 is 1.77 bits per heavy atom. The zero-order chi connectivity index (χ0) is 21.5. The van der Waals surface area contributed by atoms with Gasteiger partial charge < -0.3 is 19.9 Å². The molecule has 2 N–H and O–H groups in total. The van der Waals surface area contributed by atoms with Crippen LogP contribution in [0.2, 0.25) is 0 Å². The number of hydrogen-bond acceptors (Lipinski definition) is 4. The van der Waals surface area contributed by atoms with E-state index in [2.05, 4.69) is 48.3 Å². The molecule has 31 heavy (non-hydrogen) atoms. The highest BCUT2D eigenvalue weighted by Crippen LogP contribution is 2.42. The van der Waals surface area contributed by atoms with Crippen LogP contribution in [0.5, 0.6) is 0 Å². The standard InChI is InChI=1S/C27H29NO3/c1-2-24(29)26(25-20-28-18-19-30-25)31-27(21-12-6-3-7-13-21,22-14-8-4-9-15-22)23-16-10-5-11-17-23/h2-17,24-26,28-29H,1,18-20H2. The first-order chi connectivity index (χ1) is 15.3. The van der Waals surface area contributed by atoms with Crippen molar-refractivity contribution >= 4 is 0 Å². The molecule has 0 amide bonds. The van der Waals surface area contributed by atoms with Crippen molar-refractivity contribution in [3.05, 3.63) is 120 Å². The van der Waals surface area contributed by atoms with E-state index in [-0.39, 0.29) is 6.10 Å². The molecule has 4 nitrogen and oxygen atoms in total. The molecule has 0 spiro atoms. The summed E-state index contributed by atoms with van der Waals surface area (Å²) >= 11 is 0. The zero-order valence-electron chi connectivity index (χ0n) is 17.6. The number of hydrogen-bond donors (Lipinski definition) is 2. The molecule has 0 aromatic heterocycles. The minimum atomic E-state index is -0.931. The first-order valence-electron chi connectivity index (χ1n) is 10.7. The Kier molecular flexibility index (Phi) is 6.95. The van der Waals surface area contributed by atoms with Gasteiger partial charge in [0.1, 0.15) is 17.8 Å². The van der Waals surface area contributed by atoms with Crippen LogP contribution in [0.3, 0.4) is 0 Å². The second-order valence-corrected chi connectivity index (χ2v) is 7.70. The Hall–Kier alpha value is -2.76. The molecule has 1 fully saturated rings. The van der Waals surface area contributed by atoms with Crippen LogP contribution < -0.4 is 5.32 Å². The monoisotopic (exact) mass is 415 g/mol. The Labute approximate surface area is 184 Å². The van der Waals surface area contributed by atoms with E-state index < -0.39 is 17.8 Å². The van der Waals surface area contributed by atoms with Gasteiger partial charge in [0, 0.05) is 13.1 Å². The summed E-state index contributed by atoms with van der Waals surface area (Å²) in [4.78, 5) is 0. The van der Waals surface area contributed by atoms with Crippen molar-refractivity contribution < 1.29 is 14.6 Å². The lowest BCUT2D eigenvalue weighted by molar-refractivity contribution is -0.158. The first-order valence-corrected chi connectivity index (χ1v) is 10.7. The van der Waals surface area contributed by atoms with Gasteiger partial charge in [0.2, 0.25) is 0 Å². The summed E-state index contributed by atoms with van der Waals surface area (Å²) in [6, 6.07) is 30.4. The summed E-state index contributed by atoms with van der Waals surface area (Å²) in [5, 5.41) is 14.3. The molecule has 3 aromatic carbocycles. The van der Waals surface area contributed by atoms with Gasteiger partial charge >= 0.3 is 0 Å². The fraction of sp³-hybridized carbons (Fsp3) is 0.259. The van der Waals surface area contributed by atoms with Crippen molar-refractivity contribution in [1.82, 2.24) is 5.32 Å². The van der Waals surface area contributed by atoms with Gasteiger partial charge in [0.05, 0.1) is 12.7 Å². The Morgan fingerprint density at radius 1 is 0.903 bits per heavy atom. The maximum absolute atomic E-state index is 10.9. The minimum Gasteiger partial charge on any atom is -0.386 e. The average Bonchev–Trinajstić information content (AvgIpc) is 2.87. The molecule has 3 unspecified atom stereocenters. The fourth-order valence-corrected chi connectivity index (χ4v) is 4.22. The molecule has 160 valence electrons. The van der Waals surface area contributed by atoms with Gasteiger partial charge in [0.15, 0.2) is 0 Å². The van der Waals surface area contributed by atoms with Crippen molar-refractivity contribution in [2.45, 2.75) is 23.9 Å². The van der Waals surface area contributed by atoms with Crippen LogP contribution in [0.4, 0.5) is 0 Å². The van der Waals surface area contributed by atoms with Gasteiger partial charge in [0.25, 0.3) is 0 Å². The zero-order valence-corrected chi connectivity index (χ0v) is 17.6. The lowest BCUT2D eigenvalue weighted by Crippen LogP contribution is -2.53.